The van der Waals surface area contributed by atoms with Gasteiger partial charge in [0.15, 0.2) is 5.60 Å². The molecule has 107 valence electrons. The monoisotopic (exact) mass is 266 g/mol. The molecule has 1 radical (unpaired) electrons. The summed E-state index contributed by atoms with van der Waals surface area (Å²) in [6, 6.07) is 0. The number of rotatable bonds is 3. The second-order valence-electron chi connectivity index (χ2n) is 6.47. The zero-order valence-electron chi connectivity index (χ0n) is 12.0. The highest BCUT2D eigenvalue weighted by Crippen LogP contribution is 2.48. The Bertz CT molecular complexity index is 380. The molecule has 4 nitrogen and oxygen atoms in total. The number of carbonyl (C=O) groups is 2. The van der Waals surface area contributed by atoms with E-state index < -0.39 is 11.5 Å². The van der Waals surface area contributed by atoms with E-state index in [1.54, 1.807) is 6.42 Å². The Balaban J connectivity index is 2.32. The number of ether oxygens (including phenoxy) is 1. The molecular weight excluding hydrogens is 242 g/mol. The molecule has 1 saturated heterocycles. The third-order valence-electron chi connectivity index (χ3n) is 4.81. The summed E-state index contributed by atoms with van der Waals surface area (Å²) < 4.78 is 5.41. The van der Waals surface area contributed by atoms with Gasteiger partial charge in [-0.2, -0.15) is 0 Å². The Hall–Kier alpha value is -1.06. The quantitative estimate of drug-likeness (QED) is 0.795. The minimum atomic E-state index is -1.17. The Morgan fingerprint density at radius 1 is 1.47 bits per heavy atom. The van der Waals surface area contributed by atoms with Gasteiger partial charge in [-0.3, -0.25) is 9.59 Å². The first-order valence-electron chi connectivity index (χ1n) is 7.23. The summed E-state index contributed by atoms with van der Waals surface area (Å²) in [4.78, 5) is 23.5. The predicted molar refractivity (Wildman–Crippen MR) is 71.8 cm³/mol. The lowest BCUT2D eigenvalue weighted by atomic mass is 9.63. The van der Waals surface area contributed by atoms with Crippen LogP contribution >= 0.6 is 0 Å². The van der Waals surface area contributed by atoms with Gasteiger partial charge in [0.25, 0.3) is 5.91 Å². The van der Waals surface area contributed by atoms with Gasteiger partial charge in [0.05, 0.1) is 6.42 Å². The molecule has 1 aliphatic carbocycles. The average molecular weight is 266 g/mol. The van der Waals surface area contributed by atoms with Gasteiger partial charge in [0, 0.05) is 12.3 Å². The highest BCUT2D eigenvalue weighted by atomic mass is 16.6. The van der Waals surface area contributed by atoms with Crippen LogP contribution in [0.25, 0.3) is 0 Å². The number of primary amides is 1. The maximum absolute atomic E-state index is 12.0. The normalized spacial score (nSPS) is 39.4. The van der Waals surface area contributed by atoms with Gasteiger partial charge in [0.2, 0.25) is 0 Å². The summed E-state index contributed by atoms with van der Waals surface area (Å²) in [5, 5.41) is 0. The first-order valence-corrected chi connectivity index (χ1v) is 7.23. The Morgan fingerprint density at radius 3 is 2.63 bits per heavy atom. The highest BCUT2D eigenvalue weighted by molar-refractivity contribution is 5.92. The number of hydrogen-bond donors (Lipinski definition) is 1. The fraction of sp³-hybridized carbons (Fsp3) is 0.800. The van der Waals surface area contributed by atoms with Crippen molar-refractivity contribution < 1.29 is 14.3 Å². The molecular formula is C15H24NO3. The van der Waals surface area contributed by atoms with Crippen LogP contribution in [0.2, 0.25) is 0 Å². The van der Waals surface area contributed by atoms with Gasteiger partial charge in [-0.25, -0.2) is 0 Å². The third kappa shape index (κ3) is 2.49. The summed E-state index contributed by atoms with van der Waals surface area (Å²) >= 11 is 0. The van der Waals surface area contributed by atoms with E-state index >= 15 is 0 Å². The van der Waals surface area contributed by atoms with Crippen molar-refractivity contribution in [2.24, 2.45) is 29.4 Å². The van der Waals surface area contributed by atoms with Crippen LogP contribution in [0.5, 0.6) is 0 Å². The van der Waals surface area contributed by atoms with Crippen LogP contribution in [-0.4, -0.2) is 17.5 Å². The molecule has 4 unspecified atom stereocenters. The molecule has 2 fully saturated rings. The Morgan fingerprint density at radius 2 is 2.16 bits per heavy atom. The van der Waals surface area contributed by atoms with Crippen LogP contribution in [-0.2, 0) is 14.3 Å². The number of carbonyl (C=O) groups excluding carboxylic acids is 2. The predicted octanol–water partition coefficient (Wildman–Crippen LogP) is 2.07. The maximum Gasteiger partial charge on any atom is 0.307 e. The summed E-state index contributed by atoms with van der Waals surface area (Å²) in [6.07, 6.45) is 5.04. The Kier molecular flexibility index (Phi) is 3.88. The highest BCUT2D eigenvalue weighted by Gasteiger charge is 2.55. The summed E-state index contributed by atoms with van der Waals surface area (Å²) in [7, 11) is 0. The van der Waals surface area contributed by atoms with Crippen LogP contribution < -0.4 is 5.73 Å². The third-order valence-corrected chi connectivity index (χ3v) is 4.81. The SMILES string of the molecule is CC1CCC(C(C)C)C(C2(C(N)=O)[CH]CC(=O)O2)C1. The van der Waals surface area contributed by atoms with Gasteiger partial charge >= 0.3 is 5.97 Å². The van der Waals surface area contributed by atoms with E-state index in [1.165, 1.54) is 6.42 Å². The zero-order valence-corrected chi connectivity index (χ0v) is 12.0. The number of hydrogen-bond acceptors (Lipinski definition) is 3. The molecule has 1 amide bonds. The van der Waals surface area contributed by atoms with Crippen molar-refractivity contribution in [3.05, 3.63) is 6.42 Å². The van der Waals surface area contributed by atoms with Crippen LogP contribution in [0.15, 0.2) is 0 Å². The molecule has 2 N–H and O–H groups in total. The van der Waals surface area contributed by atoms with Crippen molar-refractivity contribution in [1.82, 2.24) is 0 Å². The standard InChI is InChI=1S/C15H24NO3/c1-9(2)11-5-4-10(3)8-12(11)15(14(16)18)7-6-13(17)19-15/h7,9-12H,4-6,8H2,1-3H3,(H2,16,18). The van der Waals surface area contributed by atoms with E-state index in [1.807, 2.05) is 0 Å². The van der Waals surface area contributed by atoms with Crippen LogP contribution in [0.4, 0.5) is 0 Å². The molecule has 2 aliphatic rings. The molecule has 0 aromatic heterocycles. The van der Waals surface area contributed by atoms with Gasteiger partial charge in [0.1, 0.15) is 0 Å². The minimum Gasteiger partial charge on any atom is -0.448 e. The summed E-state index contributed by atoms with van der Waals surface area (Å²) in [6.45, 7) is 6.52. The van der Waals surface area contributed by atoms with Crippen molar-refractivity contribution in [3.63, 3.8) is 0 Å². The number of nitrogens with two attached hydrogens (primary N) is 1. The van der Waals surface area contributed by atoms with E-state index in [4.69, 9.17) is 10.5 Å². The summed E-state index contributed by atoms with van der Waals surface area (Å²) in [5.74, 6) is 0.569. The first-order chi connectivity index (χ1) is 8.86. The van der Waals surface area contributed by atoms with Gasteiger partial charge < -0.3 is 10.5 Å². The molecule has 0 bridgehead atoms. The largest absolute Gasteiger partial charge is 0.448 e. The van der Waals surface area contributed by atoms with Crippen molar-refractivity contribution in [2.75, 3.05) is 0 Å². The fourth-order valence-corrected chi connectivity index (χ4v) is 3.76. The second-order valence-corrected chi connectivity index (χ2v) is 6.47. The molecule has 4 atom stereocenters. The van der Waals surface area contributed by atoms with Crippen LogP contribution in [0.1, 0.15) is 46.5 Å². The maximum atomic E-state index is 12.0. The Labute approximate surface area is 115 Å². The number of esters is 1. The number of amides is 1. The number of cyclic esters (lactones) is 1. The van der Waals surface area contributed by atoms with Crippen molar-refractivity contribution >= 4 is 11.9 Å². The van der Waals surface area contributed by atoms with E-state index in [-0.39, 0.29) is 18.3 Å². The van der Waals surface area contributed by atoms with E-state index in [9.17, 15) is 9.59 Å². The van der Waals surface area contributed by atoms with Crippen LogP contribution in [0.3, 0.4) is 0 Å². The molecule has 1 heterocycles. The smallest absolute Gasteiger partial charge is 0.307 e. The molecule has 0 aromatic carbocycles. The van der Waals surface area contributed by atoms with Crippen molar-refractivity contribution in [3.8, 4) is 0 Å². The van der Waals surface area contributed by atoms with E-state index in [0.717, 1.165) is 12.8 Å². The van der Waals surface area contributed by atoms with Gasteiger partial charge in [-0.05, 0) is 30.6 Å². The molecule has 4 heteroatoms. The van der Waals surface area contributed by atoms with Crippen LogP contribution in [0, 0.1) is 30.1 Å². The van der Waals surface area contributed by atoms with E-state index in [0.29, 0.717) is 17.8 Å². The first kappa shape index (κ1) is 14.4. The zero-order chi connectivity index (χ0) is 14.2. The minimum absolute atomic E-state index is 0.0280. The van der Waals surface area contributed by atoms with Gasteiger partial charge in [-0.1, -0.05) is 27.2 Å². The lowest BCUT2D eigenvalue weighted by Gasteiger charge is -2.44. The van der Waals surface area contributed by atoms with E-state index in [2.05, 4.69) is 20.8 Å². The average Bonchev–Trinajstić information content (AvgIpc) is 2.72. The molecule has 19 heavy (non-hydrogen) atoms. The lowest BCUT2D eigenvalue weighted by Crippen LogP contribution is -2.54. The lowest BCUT2D eigenvalue weighted by molar-refractivity contribution is -0.165. The van der Waals surface area contributed by atoms with Crippen molar-refractivity contribution in [2.45, 2.75) is 52.1 Å². The molecule has 0 aromatic rings. The van der Waals surface area contributed by atoms with Crippen molar-refractivity contribution in [1.29, 1.82) is 0 Å². The molecule has 1 saturated carbocycles. The van der Waals surface area contributed by atoms with Gasteiger partial charge in [-0.15, -0.1) is 0 Å². The second kappa shape index (κ2) is 5.14. The molecule has 1 aliphatic heterocycles. The summed E-state index contributed by atoms with van der Waals surface area (Å²) in [5.41, 5.74) is 4.42. The molecule has 0 spiro atoms. The fourth-order valence-electron chi connectivity index (χ4n) is 3.76. The molecule has 2 rings (SSSR count). The topological polar surface area (TPSA) is 69.4 Å².